The standard InChI is InChI=1S/C19H22N4O3/c1-13(24)20-15-7-9-16(10-8-15)21-18(25)12-23-19(26)11-14-5-3-2-4-6-17(14)22-23/h7-11H,2-6,12H2,1H3,(H,20,24)(H,21,25). The number of hydrogen-bond acceptors (Lipinski definition) is 4. The first-order valence-electron chi connectivity index (χ1n) is 8.79. The molecular weight excluding hydrogens is 332 g/mol. The van der Waals surface area contributed by atoms with Crippen LogP contribution in [0, 0.1) is 0 Å². The number of aromatic nitrogens is 2. The third-order valence-corrected chi connectivity index (χ3v) is 4.31. The quantitative estimate of drug-likeness (QED) is 0.823. The van der Waals surface area contributed by atoms with E-state index in [0.717, 1.165) is 43.4 Å². The van der Waals surface area contributed by atoms with Crippen LogP contribution >= 0.6 is 0 Å². The van der Waals surface area contributed by atoms with Gasteiger partial charge in [0.25, 0.3) is 5.56 Å². The lowest BCUT2D eigenvalue weighted by Crippen LogP contribution is -2.30. The van der Waals surface area contributed by atoms with Crippen molar-refractivity contribution >= 4 is 23.2 Å². The fraction of sp³-hybridized carbons (Fsp3) is 0.368. The van der Waals surface area contributed by atoms with Crippen LogP contribution in [0.2, 0.25) is 0 Å². The van der Waals surface area contributed by atoms with Crippen molar-refractivity contribution in [1.29, 1.82) is 0 Å². The molecule has 3 rings (SSSR count). The summed E-state index contributed by atoms with van der Waals surface area (Å²) in [5.74, 6) is -0.476. The van der Waals surface area contributed by atoms with Crippen LogP contribution < -0.4 is 16.2 Å². The van der Waals surface area contributed by atoms with Gasteiger partial charge in [0.15, 0.2) is 0 Å². The fourth-order valence-corrected chi connectivity index (χ4v) is 3.07. The Bertz CT molecular complexity index is 871. The first-order valence-corrected chi connectivity index (χ1v) is 8.79. The van der Waals surface area contributed by atoms with Gasteiger partial charge in [0, 0.05) is 24.4 Å². The van der Waals surface area contributed by atoms with Crippen molar-refractivity contribution in [3.63, 3.8) is 0 Å². The van der Waals surface area contributed by atoms with E-state index in [-0.39, 0.29) is 23.9 Å². The van der Waals surface area contributed by atoms with Crippen molar-refractivity contribution in [2.75, 3.05) is 10.6 Å². The van der Waals surface area contributed by atoms with Crippen molar-refractivity contribution in [2.45, 2.75) is 45.6 Å². The number of rotatable bonds is 4. The van der Waals surface area contributed by atoms with Gasteiger partial charge in [0.2, 0.25) is 11.8 Å². The third-order valence-electron chi connectivity index (χ3n) is 4.31. The Labute approximate surface area is 151 Å². The highest BCUT2D eigenvalue weighted by Crippen LogP contribution is 2.17. The van der Waals surface area contributed by atoms with Gasteiger partial charge in [0.1, 0.15) is 6.54 Å². The van der Waals surface area contributed by atoms with Gasteiger partial charge in [-0.1, -0.05) is 6.42 Å². The second-order valence-electron chi connectivity index (χ2n) is 6.48. The lowest BCUT2D eigenvalue weighted by Gasteiger charge is -2.10. The molecule has 136 valence electrons. The average molecular weight is 354 g/mol. The molecule has 2 aromatic rings. The third kappa shape index (κ3) is 4.56. The van der Waals surface area contributed by atoms with Gasteiger partial charge in [-0.3, -0.25) is 14.4 Å². The largest absolute Gasteiger partial charge is 0.326 e. The summed E-state index contributed by atoms with van der Waals surface area (Å²) in [6.45, 7) is 1.31. The number of amides is 2. The molecule has 26 heavy (non-hydrogen) atoms. The number of hydrogen-bond donors (Lipinski definition) is 2. The highest BCUT2D eigenvalue weighted by molar-refractivity contribution is 5.92. The highest BCUT2D eigenvalue weighted by Gasteiger charge is 2.14. The van der Waals surface area contributed by atoms with Crippen LogP contribution in [0.5, 0.6) is 0 Å². The molecule has 2 amide bonds. The molecule has 0 saturated carbocycles. The van der Waals surface area contributed by atoms with E-state index in [1.807, 2.05) is 0 Å². The number of nitrogens with one attached hydrogen (secondary N) is 2. The van der Waals surface area contributed by atoms with E-state index >= 15 is 0 Å². The van der Waals surface area contributed by atoms with Crippen LogP contribution in [0.3, 0.4) is 0 Å². The molecule has 0 fully saturated rings. The van der Waals surface area contributed by atoms with Gasteiger partial charge in [-0.2, -0.15) is 5.10 Å². The molecule has 1 aromatic heterocycles. The maximum absolute atomic E-state index is 12.3. The molecule has 0 bridgehead atoms. The van der Waals surface area contributed by atoms with Gasteiger partial charge < -0.3 is 10.6 Å². The van der Waals surface area contributed by atoms with E-state index in [2.05, 4.69) is 15.7 Å². The second kappa shape index (κ2) is 7.95. The molecule has 0 spiro atoms. The van der Waals surface area contributed by atoms with Crippen LogP contribution in [0.4, 0.5) is 11.4 Å². The Balaban J connectivity index is 1.67. The monoisotopic (exact) mass is 354 g/mol. The normalized spacial score (nSPS) is 13.4. The van der Waals surface area contributed by atoms with Gasteiger partial charge >= 0.3 is 0 Å². The van der Waals surface area contributed by atoms with Crippen LogP contribution in [0.15, 0.2) is 35.1 Å². The smallest absolute Gasteiger partial charge is 0.267 e. The minimum Gasteiger partial charge on any atom is -0.326 e. The Hall–Kier alpha value is -2.96. The van der Waals surface area contributed by atoms with Crippen LogP contribution in [-0.4, -0.2) is 21.6 Å². The zero-order valence-corrected chi connectivity index (χ0v) is 14.7. The minimum absolute atomic E-state index is 0.125. The molecule has 7 heteroatoms. The number of aryl methyl sites for hydroxylation is 2. The predicted molar refractivity (Wildman–Crippen MR) is 99.1 cm³/mol. The molecule has 1 heterocycles. The summed E-state index contributed by atoms with van der Waals surface area (Å²) in [4.78, 5) is 35.5. The molecular formula is C19H22N4O3. The molecule has 0 atom stereocenters. The molecule has 0 unspecified atom stereocenters. The SMILES string of the molecule is CC(=O)Nc1ccc(NC(=O)Cn2nc3c(cc2=O)CCCCC3)cc1. The van der Waals surface area contributed by atoms with E-state index in [0.29, 0.717) is 11.4 Å². The topological polar surface area (TPSA) is 93.1 Å². The predicted octanol–water partition coefficient (Wildman–Crippen LogP) is 2.11. The Morgan fingerprint density at radius 1 is 1.04 bits per heavy atom. The molecule has 0 aliphatic heterocycles. The van der Waals surface area contributed by atoms with Gasteiger partial charge in [-0.15, -0.1) is 0 Å². The minimum atomic E-state index is -0.319. The summed E-state index contributed by atoms with van der Waals surface area (Å²) < 4.78 is 1.23. The van der Waals surface area contributed by atoms with Crippen molar-refractivity contribution in [3.8, 4) is 0 Å². The first-order chi connectivity index (χ1) is 12.5. The number of carbonyl (C=O) groups excluding carboxylic acids is 2. The number of benzene rings is 1. The van der Waals surface area contributed by atoms with E-state index in [4.69, 9.17) is 0 Å². The van der Waals surface area contributed by atoms with Gasteiger partial charge in [-0.05, 0) is 55.5 Å². The van der Waals surface area contributed by atoms with Crippen molar-refractivity contribution in [3.05, 3.63) is 51.9 Å². The maximum Gasteiger partial charge on any atom is 0.267 e. The van der Waals surface area contributed by atoms with Crippen molar-refractivity contribution in [1.82, 2.24) is 9.78 Å². The van der Waals surface area contributed by atoms with E-state index in [1.54, 1.807) is 30.3 Å². The van der Waals surface area contributed by atoms with E-state index < -0.39 is 0 Å². The molecule has 1 aliphatic carbocycles. The lowest BCUT2D eigenvalue weighted by molar-refractivity contribution is -0.117. The summed E-state index contributed by atoms with van der Waals surface area (Å²) in [6.07, 6.45) is 5.00. The van der Waals surface area contributed by atoms with E-state index in [1.165, 1.54) is 11.6 Å². The molecule has 2 N–H and O–H groups in total. The lowest BCUT2D eigenvalue weighted by atomic mass is 10.1. The molecule has 0 radical (unpaired) electrons. The molecule has 1 aromatic carbocycles. The summed E-state index contributed by atoms with van der Waals surface area (Å²) in [5, 5.41) is 9.80. The molecule has 0 saturated heterocycles. The van der Waals surface area contributed by atoms with Crippen molar-refractivity contribution in [2.24, 2.45) is 0 Å². The first kappa shape index (κ1) is 17.8. The Kier molecular flexibility index (Phi) is 5.46. The van der Waals surface area contributed by atoms with E-state index in [9.17, 15) is 14.4 Å². The molecule has 1 aliphatic rings. The Morgan fingerprint density at radius 2 is 1.69 bits per heavy atom. The van der Waals surface area contributed by atoms with Gasteiger partial charge in [0.05, 0.1) is 5.69 Å². The number of nitrogens with zero attached hydrogens (tertiary/aromatic N) is 2. The van der Waals surface area contributed by atoms with Gasteiger partial charge in [-0.25, -0.2) is 4.68 Å². The number of anilines is 2. The van der Waals surface area contributed by atoms with Crippen molar-refractivity contribution < 1.29 is 9.59 Å². The zero-order chi connectivity index (χ0) is 18.5. The summed E-state index contributed by atoms with van der Waals surface area (Å²) in [5.41, 5.74) is 2.93. The average Bonchev–Trinajstić information content (AvgIpc) is 2.81. The zero-order valence-electron chi connectivity index (χ0n) is 14.7. The van der Waals surface area contributed by atoms with Crippen LogP contribution in [-0.2, 0) is 29.0 Å². The second-order valence-corrected chi connectivity index (χ2v) is 6.48. The summed E-state index contributed by atoms with van der Waals surface area (Å²) >= 11 is 0. The Morgan fingerprint density at radius 3 is 2.38 bits per heavy atom. The maximum atomic E-state index is 12.3. The number of fused-ring (bicyclic) bond motifs is 1. The summed E-state index contributed by atoms with van der Waals surface area (Å²) in [7, 11) is 0. The highest BCUT2D eigenvalue weighted by atomic mass is 16.2. The summed E-state index contributed by atoms with van der Waals surface area (Å²) in [6, 6.07) is 8.39. The fourth-order valence-electron chi connectivity index (χ4n) is 3.07. The van der Waals surface area contributed by atoms with Crippen LogP contribution in [0.25, 0.3) is 0 Å². The van der Waals surface area contributed by atoms with Crippen LogP contribution in [0.1, 0.15) is 37.4 Å². The number of carbonyl (C=O) groups is 2. The molecule has 7 nitrogen and oxygen atoms in total.